The van der Waals surface area contributed by atoms with Crippen LogP contribution in [0.2, 0.25) is 0 Å². The summed E-state index contributed by atoms with van der Waals surface area (Å²) in [5, 5.41) is 12.1. The lowest BCUT2D eigenvalue weighted by atomic mass is 9.99. The largest absolute Gasteiger partial charge is 0.444 e. The van der Waals surface area contributed by atoms with E-state index >= 15 is 0 Å². The normalized spacial score (nSPS) is 17.5. The molecule has 1 aromatic heterocycles. The van der Waals surface area contributed by atoms with E-state index in [-0.39, 0.29) is 24.4 Å². The lowest BCUT2D eigenvalue weighted by molar-refractivity contribution is 0.129. The Morgan fingerprint density at radius 1 is 1.40 bits per heavy atom. The second-order valence-electron chi connectivity index (χ2n) is 6.27. The molecule has 7 heteroatoms. The second kappa shape index (κ2) is 8.11. The number of oxazole rings is 1. The number of hydrogen-bond donors (Lipinski definition) is 2. The third-order valence-corrected chi connectivity index (χ3v) is 4.36. The number of aromatic nitrogens is 1. The van der Waals surface area contributed by atoms with Gasteiger partial charge in [-0.25, -0.2) is 14.2 Å². The minimum atomic E-state index is -0.306. The first-order valence-corrected chi connectivity index (χ1v) is 8.49. The van der Waals surface area contributed by atoms with E-state index in [1.165, 1.54) is 12.1 Å². The molecule has 0 unspecified atom stereocenters. The molecular weight excluding hydrogens is 325 g/mol. The third kappa shape index (κ3) is 4.57. The summed E-state index contributed by atoms with van der Waals surface area (Å²) in [5.41, 5.74) is 1.44. The molecular formula is C18H22FN3O3. The summed E-state index contributed by atoms with van der Waals surface area (Å²) in [6.45, 7) is 1.89. The van der Waals surface area contributed by atoms with Gasteiger partial charge in [0.1, 0.15) is 12.1 Å². The first-order valence-electron chi connectivity index (χ1n) is 8.49. The molecule has 2 heterocycles. The molecule has 0 saturated carbocycles. The SMILES string of the molecule is O=C(NCCc1coc(-c2ccc(F)cc2)n1)N1CCC[C@H](CO)C1. The van der Waals surface area contributed by atoms with Crippen molar-refractivity contribution in [2.75, 3.05) is 26.2 Å². The molecule has 134 valence electrons. The van der Waals surface area contributed by atoms with Crippen molar-refractivity contribution >= 4 is 6.03 Å². The Kier molecular flexibility index (Phi) is 5.65. The van der Waals surface area contributed by atoms with Gasteiger partial charge in [0.05, 0.1) is 5.69 Å². The predicted molar refractivity (Wildman–Crippen MR) is 90.4 cm³/mol. The topological polar surface area (TPSA) is 78.6 Å². The number of aliphatic hydroxyl groups is 1. The van der Waals surface area contributed by atoms with E-state index < -0.39 is 0 Å². The zero-order valence-electron chi connectivity index (χ0n) is 13.9. The number of piperidine rings is 1. The summed E-state index contributed by atoms with van der Waals surface area (Å²) >= 11 is 0. The van der Waals surface area contributed by atoms with Crippen molar-refractivity contribution in [3.05, 3.63) is 42.0 Å². The van der Waals surface area contributed by atoms with Crippen molar-refractivity contribution in [3.63, 3.8) is 0 Å². The van der Waals surface area contributed by atoms with Crippen molar-refractivity contribution in [2.45, 2.75) is 19.3 Å². The van der Waals surface area contributed by atoms with Gasteiger partial charge in [-0.1, -0.05) is 0 Å². The fraction of sp³-hybridized carbons (Fsp3) is 0.444. The smallest absolute Gasteiger partial charge is 0.317 e. The fourth-order valence-corrected chi connectivity index (χ4v) is 2.95. The van der Waals surface area contributed by atoms with Crippen LogP contribution in [-0.2, 0) is 6.42 Å². The predicted octanol–water partition coefficient (Wildman–Crippen LogP) is 2.44. The van der Waals surface area contributed by atoms with E-state index in [0.717, 1.165) is 25.1 Å². The van der Waals surface area contributed by atoms with Gasteiger partial charge in [0.15, 0.2) is 0 Å². The Balaban J connectivity index is 1.47. The molecule has 0 spiro atoms. The highest BCUT2D eigenvalue weighted by Crippen LogP contribution is 2.19. The van der Waals surface area contributed by atoms with Crippen molar-refractivity contribution < 1.29 is 18.7 Å². The molecule has 25 heavy (non-hydrogen) atoms. The number of carbonyl (C=O) groups excluding carboxylic acids is 1. The van der Waals surface area contributed by atoms with Crippen LogP contribution in [0.3, 0.4) is 0 Å². The van der Waals surface area contributed by atoms with Gasteiger partial charge in [-0.05, 0) is 43.0 Å². The van der Waals surface area contributed by atoms with Gasteiger partial charge >= 0.3 is 6.03 Å². The van der Waals surface area contributed by atoms with E-state index in [9.17, 15) is 14.3 Å². The lowest BCUT2D eigenvalue weighted by Crippen LogP contribution is -2.46. The zero-order valence-corrected chi connectivity index (χ0v) is 13.9. The molecule has 1 fully saturated rings. The summed E-state index contributed by atoms with van der Waals surface area (Å²) in [6.07, 6.45) is 3.98. The Morgan fingerprint density at radius 3 is 2.96 bits per heavy atom. The summed E-state index contributed by atoms with van der Waals surface area (Å²) in [4.78, 5) is 18.3. The first kappa shape index (κ1) is 17.4. The van der Waals surface area contributed by atoms with Crippen LogP contribution in [0.5, 0.6) is 0 Å². The molecule has 0 radical (unpaired) electrons. The van der Waals surface area contributed by atoms with E-state index in [1.54, 1.807) is 23.3 Å². The molecule has 0 aliphatic carbocycles. The number of nitrogens with one attached hydrogen (secondary N) is 1. The highest BCUT2D eigenvalue weighted by molar-refractivity contribution is 5.74. The Bertz CT molecular complexity index is 702. The molecule has 1 aromatic carbocycles. The monoisotopic (exact) mass is 347 g/mol. The number of nitrogens with zero attached hydrogens (tertiary/aromatic N) is 2. The van der Waals surface area contributed by atoms with E-state index in [0.29, 0.717) is 31.0 Å². The number of amides is 2. The van der Waals surface area contributed by atoms with Crippen LogP contribution in [0.4, 0.5) is 9.18 Å². The maximum Gasteiger partial charge on any atom is 0.317 e. The van der Waals surface area contributed by atoms with E-state index in [1.807, 2.05) is 0 Å². The zero-order chi connectivity index (χ0) is 17.6. The molecule has 2 amide bonds. The summed E-state index contributed by atoms with van der Waals surface area (Å²) in [6, 6.07) is 5.83. The Hall–Kier alpha value is -2.41. The molecule has 1 aliphatic heterocycles. The number of carbonyl (C=O) groups is 1. The van der Waals surface area contributed by atoms with Crippen LogP contribution >= 0.6 is 0 Å². The summed E-state index contributed by atoms with van der Waals surface area (Å²) in [7, 11) is 0. The number of hydrogen-bond acceptors (Lipinski definition) is 4. The van der Waals surface area contributed by atoms with Gasteiger partial charge in [-0.2, -0.15) is 0 Å². The highest BCUT2D eigenvalue weighted by atomic mass is 19.1. The van der Waals surface area contributed by atoms with Gasteiger partial charge in [-0.15, -0.1) is 0 Å². The van der Waals surface area contributed by atoms with Gasteiger partial charge in [-0.3, -0.25) is 0 Å². The average Bonchev–Trinajstić information content (AvgIpc) is 3.11. The van der Waals surface area contributed by atoms with Crippen LogP contribution in [0, 0.1) is 11.7 Å². The van der Waals surface area contributed by atoms with Crippen molar-refractivity contribution in [3.8, 4) is 11.5 Å². The number of aliphatic hydroxyl groups excluding tert-OH is 1. The Morgan fingerprint density at radius 2 is 2.20 bits per heavy atom. The molecule has 1 atom stereocenters. The highest BCUT2D eigenvalue weighted by Gasteiger charge is 2.22. The average molecular weight is 347 g/mol. The number of urea groups is 1. The number of halogens is 1. The molecule has 1 saturated heterocycles. The molecule has 1 aliphatic rings. The van der Waals surface area contributed by atoms with Gasteiger partial charge < -0.3 is 19.7 Å². The van der Waals surface area contributed by atoms with Crippen LogP contribution < -0.4 is 5.32 Å². The molecule has 3 rings (SSSR count). The lowest BCUT2D eigenvalue weighted by Gasteiger charge is -2.31. The molecule has 6 nitrogen and oxygen atoms in total. The standard InChI is InChI=1S/C18H22FN3O3/c19-15-5-3-14(4-6-15)17-21-16(12-25-17)7-8-20-18(24)22-9-1-2-13(10-22)11-23/h3-6,12-13,23H,1-2,7-11H2,(H,20,24)/t13-/m0/s1. The van der Waals surface area contributed by atoms with Gasteiger partial charge in [0.25, 0.3) is 0 Å². The van der Waals surface area contributed by atoms with Crippen LogP contribution in [0.25, 0.3) is 11.5 Å². The minimum absolute atomic E-state index is 0.111. The minimum Gasteiger partial charge on any atom is -0.444 e. The van der Waals surface area contributed by atoms with Crippen LogP contribution in [0.1, 0.15) is 18.5 Å². The van der Waals surface area contributed by atoms with Gasteiger partial charge in [0, 0.05) is 38.2 Å². The van der Waals surface area contributed by atoms with Crippen molar-refractivity contribution in [1.29, 1.82) is 0 Å². The van der Waals surface area contributed by atoms with Crippen LogP contribution in [0.15, 0.2) is 34.9 Å². The van der Waals surface area contributed by atoms with E-state index in [2.05, 4.69) is 10.3 Å². The van der Waals surface area contributed by atoms with Crippen molar-refractivity contribution in [1.82, 2.24) is 15.2 Å². The molecule has 2 aromatic rings. The first-order chi connectivity index (χ1) is 12.2. The van der Waals surface area contributed by atoms with Crippen molar-refractivity contribution in [2.24, 2.45) is 5.92 Å². The third-order valence-electron chi connectivity index (χ3n) is 4.36. The second-order valence-corrected chi connectivity index (χ2v) is 6.27. The van der Waals surface area contributed by atoms with Gasteiger partial charge in [0.2, 0.25) is 5.89 Å². The maximum atomic E-state index is 12.9. The number of benzene rings is 1. The number of likely N-dealkylation sites (tertiary alicyclic amines) is 1. The molecule has 2 N–H and O–H groups in total. The summed E-state index contributed by atoms with van der Waals surface area (Å²) < 4.78 is 18.3. The maximum absolute atomic E-state index is 12.9. The quantitative estimate of drug-likeness (QED) is 0.871. The molecule has 0 bridgehead atoms. The summed E-state index contributed by atoms with van der Waals surface area (Å²) in [5.74, 6) is 0.302. The fourth-order valence-electron chi connectivity index (χ4n) is 2.95. The Labute approximate surface area is 145 Å². The van der Waals surface area contributed by atoms with Crippen LogP contribution in [-0.4, -0.2) is 47.3 Å². The number of rotatable bonds is 5. The van der Waals surface area contributed by atoms with E-state index in [4.69, 9.17) is 4.42 Å².